The van der Waals surface area contributed by atoms with E-state index in [0.717, 1.165) is 22.3 Å². The summed E-state index contributed by atoms with van der Waals surface area (Å²) in [6.45, 7) is 3.95. The number of fused-ring (bicyclic) bond motifs is 1. The van der Waals surface area contributed by atoms with Crippen molar-refractivity contribution in [2.24, 2.45) is 0 Å². The lowest BCUT2D eigenvalue weighted by Crippen LogP contribution is -2.14. The minimum absolute atomic E-state index is 0.163. The molecule has 19 heavy (non-hydrogen) atoms. The van der Waals surface area contributed by atoms with Crippen molar-refractivity contribution in [3.63, 3.8) is 0 Å². The minimum Gasteiger partial charge on any atom is -0.463 e. The number of aromatic amines is 1. The van der Waals surface area contributed by atoms with Crippen LogP contribution in [0.25, 0.3) is 11.1 Å². The van der Waals surface area contributed by atoms with Crippen LogP contribution in [0.2, 0.25) is 0 Å². The topological polar surface area (TPSA) is 58.0 Å². The summed E-state index contributed by atoms with van der Waals surface area (Å²) in [6.07, 6.45) is 1.59. The first-order valence-electron chi connectivity index (χ1n) is 6.09. The molecule has 3 rings (SSSR count). The van der Waals surface area contributed by atoms with Crippen LogP contribution in [0.3, 0.4) is 0 Å². The minimum atomic E-state index is -0.163. The fourth-order valence-corrected chi connectivity index (χ4v) is 2.16. The molecule has 0 bridgehead atoms. The number of furan rings is 1. The van der Waals surface area contributed by atoms with Gasteiger partial charge in [-0.2, -0.15) is 0 Å². The summed E-state index contributed by atoms with van der Waals surface area (Å²) in [5.74, 6) is -0.163. The first kappa shape index (κ1) is 11.6. The lowest BCUT2D eigenvalue weighted by atomic mass is 10.1. The number of amides is 1. The molecule has 2 aromatic heterocycles. The fraction of sp³-hybridized carbons (Fsp3) is 0.133. The van der Waals surface area contributed by atoms with Crippen LogP contribution >= 0.6 is 0 Å². The van der Waals surface area contributed by atoms with E-state index in [1.165, 1.54) is 0 Å². The third-order valence-electron chi connectivity index (χ3n) is 3.20. The number of hydrogen-bond donors (Lipinski definition) is 2. The lowest BCUT2D eigenvalue weighted by Gasteiger charge is -2.10. The van der Waals surface area contributed by atoms with Gasteiger partial charge in [-0.25, -0.2) is 0 Å². The monoisotopic (exact) mass is 254 g/mol. The second kappa shape index (κ2) is 4.31. The number of benzene rings is 1. The summed E-state index contributed by atoms with van der Waals surface area (Å²) in [5, 5.41) is 2.93. The molecule has 4 nitrogen and oxygen atoms in total. The predicted octanol–water partition coefficient (Wildman–Crippen LogP) is 3.63. The maximum Gasteiger partial charge on any atom is 0.272 e. The molecule has 0 aliphatic carbocycles. The van der Waals surface area contributed by atoms with Crippen LogP contribution in [-0.4, -0.2) is 10.9 Å². The molecule has 0 aliphatic rings. The van der Waals surface area contributed by atoms with E-state index in [4.69, 9.17) is 4.42 Å². The number of rotatable bonds is 2. The standard InChI is InChI=1S/C15H14N2O2/c1-9-4-3-5-10(2)14(9)17-15(18)12-8-13-11(16-12)6-7-19-13/h3-8,16H,1-2H3,(H,17,18). The number of nitrogens with one attached hydrogen (secondary N) is 2. The quantitative estimate of drug-likeness (QED) is 0.733. The van der Waals surface area contributed by atoms with Crippen molar-refractivity contribution in [3.8, 4) is 0 Å². The molecule has 0 spiro atoms. The Balaban J connectivity index is 1.91. The summed E-state index contributed by atoms with van der Waals surface area (Å²) >= 11 is 0. The molecule has 96 valence electrons. The summed E-state index contributed by atoms with van der Waals surface area (Å²) in [7, 11) is 0. The predicted molar refractivity (Wildman–Crippen MR) is 74.4 cm³/mol. The van der Waals surface area contributed by atoms with Crippen molar-refractivity contribution in [2.75, 3.05) is 5.32 Å². The van der Waals surface area contributed by atoms with Gasteiger partial charge >= 0.3 is 0 Å². The van der Waals surface area contributed by atoms with E-state index in [9.17, 15) is 4.79 Å². The first-order chi connectivity index (χ1) is 9.15. The Morgan fingerprint density at radius 3 is 2.63 bits per heavy atom. The average Bonchev–Trinajstić information content (AvgIpc) is 2.94. The third-order valence-corrected chi connectivity index (χ3v) is 3.20. The number of hydrogen-bond acceptors (Lipinski definition) is 2. The van der Waals surface area contributed by atoms with Gasteiger partial charge in [0.05, 0.1) is 11.8 Å². The largest absolute Gasteiger partial charge is 0.463 e. The maximum absolute atomic E-state index is 12.2. The maximum atomic E-state index is 12.2. The van der Waals surface area contributed by atoms with E-state index in [2.05, 4.69) is 10.3 Å². The Morgan fingerprint density at radius 1 is 1.21 bits per heavy atom. The number of H-pyrrole nitrogens is 1. The second-order valence-corrected chi connectivity index (χ2v) is 4.60. The van der Waals surface area contributed by atoms with Gasteiger partial charge in [-0.1, -0.05) is 18.2 Å². The molecule has 2 N–H and O–H groups in total. The van der Waals surface area contributed by atoms with Crippen molar-refractivity contribution in [1.29, 1.82) is 0 Å². The molecule has 0 saturated carbocycles. The number of aryl methyl sites for hydroxylation is 2. The van der Waals surface area contributed by atoms with E-state index >= 15 is 0 Å². The van der Waals surface area contributed by atoms with Gasteiger partial charge in [0.1, 0.15) is 5.69 Å². The van der Waals surface area contributed by atoms with Gasteiger partial charge in [-0.15, -0.1) is 0 Å². The zero-order chi connectivity index (χ0) is 13.4. The molecule has 0 atom stereocenters. The molecule has 4 heteroatoms. The Bertz CT molecular complexity index is 704. The van der Waals surface area contributed by atoms with Crippen LogP contribution in [0.5, 0.6) is 0 Å². The highest BCUT2D eigenvalue weighted by atomic mass is 16.3. The Morgan fingerprint density at radius 2 is 1.95 bits per heavy atom. The van der Waals surface area contributed by atoms with Crippen LogP contribution in [0, 0.1) is 13.8 Å². The highest BCUT2D eigenvalue weighted by molar-refractivity contribution is 6.06. The highest BCUT2D eigenvalue weighted by Crippen LogP contribution is 2.21. The van der Waals surface area contributed by atoms with Crippen molar-refractivity contribution in [3.05, 3.63) is 53.4 Å². The fourth-order valence-electron chi connectivity index (χ4n) is 2.16. The number of anilines is 1. The van der Waals surface area contributed by atoms with Crippen molar-refractivity contribution in [1.82, 2.24) is 4.98 Å². The van der Waals surface area contributed by atoms with E-state index < -0.39 is 0 Å². The van der Waals surface area contributed by atoms with Crippen LogP contribution in [0.1, 0.15) is 21.6 Å². The average molecular weight is 254 g/mol. The van der Waals surface area contributed by atoms with Crippen LogP contribution < -0.4 is 5.32 Å². The molecule has 0 radical (unpaired) electrons. The lowest BCUT2D eigenvalue weighted by molar-refractivity contribution is 0.102. The molecular formula is C15H14N2O2. The Kier molecular flexibility index (Phi) is 2.63. The number of para-hydroxylation sites is 1. The third kappa shape index (κ3) is 2.01. The molecule has 0 fully saturated rings. The smallest absolute Gasteiger partial charge is 0.272 e. The van der Waals surface area contributed by atoms with Crippen molar-refractivity contribution < 1.29 is 9.21 Å². The summed E-state index contributed by atoms with van der Waals surface area (Å²) in [5.41, 5.74) is 4.96. The molecular weight excluding hydrogens is 240 g/mol. The number of carbonyl (C=O) groups is 1. The zero-order valence-electron chi connectivity index (χ0n) is 10.8. The Hall–Kier alpha value is -2.49. The number of aromatic nitrogens is 1. The van der Waals surface area contributed by atoms with E-state index in [1.807, 2.05) is 32.0 Å². The van der Waals surface area contributed by atoms with Crippen molar-refractivity contribution >= 4 is 22.7 Å². The molecule has 1 amide bonds. The summed E-state index contributed by atoms with van der Waals surface area (Å²) in [6, 6.07) is 9.43. The van der Waals surface area contributed by atoms with Crippen molar-refractivity contribution in [2.45, 2.75) is 13.8 Å². The normalized spacial score (nSPS) is 10.8. The van der Waals surface area contributed by atoms with Gasteiger partial charge in [0, 0.05) is 17.8 Å². The van der Waals surface area contributed by atoms with E-state index in [0.29, 0.717) is 11.3 Å². The van der Waals surface area contributed by atoms with Gasteiger partial charge in [-0.05, 0) is 25.0 Å². The SMILES string of the molecule is Cc1cccc(C)c1NC(=O)c1cc2occc2[nH]1. The molecule has 0 unspecified atom stereocenters. The Labute approximate surface area is 110 Å². The van der Waals surface area contributed by atoms with E-state index in [-0.39, 0.29) is 5.91 Å². The van der Waals surface area contributed by atoms with Crippen LogP contribution in [0.4, 0.5) is 5.69 Å². The van der Waals surface area contributed by atoms with Gasteiger partial charge in [0.15, 0.2) is 5.58 Å². The molecule has 0 saturated heterocycles. The molecule has 0 aliphatic heterocycles. The highest BCUT2D eigenvalue weighted by Gasteiger charge is 2.13. The molecule has 1 aromatic carbocycles. The second-order valence-electron chi connectivity index (χ2n) is 4.60. The van der Waals surface area contributed by atoms with Crippen LogP contribution in [0.15, 0.2) is 41.0 Å². The van der Waals surface area contributed by atoms with Gasteiger partial charge in [-0.3, -0.25) is 4.79 Å². The van der Waals surface area contributed by atoms with Gasteiger partial charge < -0.3 is 14.7 Å². The molecule has 2 heterocycles. The zero-order valence-corrected chi connectivity index (χ0v) is 10.8. The number of carbonyl (C=O) groups excluding carboxylic acids is 1. The van der Waals surface area contributed by atoms with Crippen LogP contribution in [-0.2, 0) is 0 Å². The van der Waals surface area contributed by atoms with Gasteiger partial charge in [0.25, 0.3) is 5.91 Å². The van der Waals surface area contributed by atoms with Gasteiger partial charge in [0.2, 0.25) is 0 Å². The van der Waals surface area contributed by atoms with E-state index in [1.54, 1.807) is 18.4 Å². The summed E-state index contributed by atoms with van der Waals surface area (Å²) in [4.78, 5) is 15.2. The molecule has 3 aromatic rings. The summed E-state index contributed by atoms with van der Waals surface area (Å²) < 4.78 is 5.24. The first-order valence-corrected chi connectivity index (χ1v) is 6.09.